The lowest BCUT2D eigenvalue weighted by Crippen LogP contribution is -1.93. The number of aromatic hydroxyl groups is 1. The molecular formula is C11H11N3O3. The quantitative estimate of drug-likeness (QED) is 0.691. The zero-order valence-electron chi connectivity index (χ0n) is 9.10. The molecule has 2 aromatic rings. The van der Waals surface area contributed by atoms with E-state index in [1.165, 1.54) is 25.4 Å². The first kappa shape index (κ1) is 11.0. The Bertz CT molecular complexity index is 563. The van der Waals surface area contributed by atoms with Gasteiger partial charge in [0.25, 0.3) is 0 Å². The molecule has 17 heavy (non-hydrogen) atoms. The van der Waals surface area contributed by atoms with Crippen LogP contribution in [-0.4, -0.2) is 28.7 Å². The van der Waals surface area contributed by atoms with Crippen LogP contribution in [0.15, 0.2) is 18.3 Å². The first-order valence-electron chi connectivity index (χ1n) is 4.82. The fourth-order valence-electron chi connectivity index (χ4n) is 1.59. The molecule has 0 amide bonds. The van der Waals surface area contributed by atoms with Crippen molar-refractivity contribution in [3.8, 4) is 22.6 Å². The summed E-state index contributed by atoms with van der Waals surface area (Å²) in [7, 11) is 1.41. The Morgan fingerprint density at radius 3 is 2.76 bits per heavy atom. The third-order valence-electron chi connectivity index (χ3n) is 2.44. The maximum atomic E-state index is 11.0. The summed E-state index contributed by atoms with van der Waals surface area (Å²) in [6, 6.07) is 2.87. The van der Waals surface area contributed by atoms with Gasteiger partial charge in [-0.2, -0.15) is 5.10 Å². The molecular weight excluding hydrogens is 222 g/mol. The number of aromatic nitrogens is 2. The van der Waals surface area contributed by atoms with Crippen LogP contribution in [0.25, 0.3) is 11.1 Å². The monoisotopic (exact) mass is 233 g/mol. The number of benzene rings is 1. The number of carbonyl (C=O) groups is 1. The number of nitrogen functional groups attached to an aromatic ring is 1. The van der Waals surface area contributed by atoms with Gasteiger partial charge in [0, 0.05) is 16.7 Å². The summed E-state index contributed by atoms with van der Waals surface area (Å²) in [5.74, 6) is 0.504. The van der Waals surface area contributed by atoms with Crippen LogP contribution in [0.1, 0.15) is 10.4 Å². The van der Waals surface area contributed by atoms with Crippen molar-refractivity contribution >= 4 is 12.1 Å². The van der Waals surface area contributed by atoms with E-state index >= 15 is 0 Å². The molecule has 0 unspecified atom stereocenters. The Morgan fingerprint density at radius 1 is 1.47 bits per heavy atom. The molecule has 0 aliphatic carbocycles. The molecule has 2 rings (SSSR count). The van der Waals surface area contributed by atoms with E-state index in [2.05, 4.69) is 10.2 Å². The third kappa shape index (κ3) is 1.80. The van der Waals surface area contributed by atoms with Crippen LogP contribution in [0.5, 0.6) is 11.5 Å². The topological polar surface area (TPSA) is 101 Å². The number of aromatic amines is 1. The predicted molar refractivity (Wildman–Crippen MR) is 62.0 cm³/mol. The lowest BCUT2D eigenvalue weighted by Gasteiger charge is -2.08. The average molecular weight is 233 g/mol. The predicted octanol–water partition coefficient (Wildman–Crippen LogP) is 1.19. The van der Waals surface area contributed by atoms with Crippen LogP contribution in [0.2, 0.25) is 0 Å². The zero-order chi connectivity index (χ0) is 12.4. The van der Waals surface area contributed by atoms with E-state index in [1.807, 2.05) is 0 Å². The van der Waals surface area contributed by atoms with Crippen molar-refractivity contribution in [2.75, 3.05) is 12.8 Å². The van der Waals surface area contributed by atoms with Gasteiger partial charge in [0.15, 0.2) is 17.8 Å². The van der Waals surface area contributed by atoms with E-state index < -0.39 is 0 Å². The van der Waals surface area contributed by atoms with Crippen molar-refractivity contribution in [2.24, 2.45) is 0 Å². The van der Waals surface area contributed by atoms with Crippen LogP contribution >= 0.6 is 0 Å². The summed E-state index contributed by atoms with van der Waals surface area (Å²) in [6.45, 7) is 0. The van der Waals surface area contributed by atoms with E-state index in [-0.39, 0.29) is 11.5 Å². The molecule has 0 saturated heterocycles. The fraction of sp³-hybridized carbons (Fsp3) is 0.0909. The Balaban J connectivity index is 2.65. The van der Waals surface area contributed by atoms with E-state index in [0.29, 0.717) is 28.8 Å². The van der Waals surface area contributed by atoms with E-state index in [9.17, 15) is 9.90 Å². The van der Waals surface area contributed by atoms with Crippen LogP contribution in [0.4, 0.5) is 5.82 Å². The molecule has 88 valence electrons. The first-order chi connectivity index (χ1) is 8.17. The molecule has 6 nitrogen and oxygen atoms in total. The number of H-pyrrole nitrogens is 1. The van der Waals surface area contributed by atoms with Crippen molar-refractivity contribution in [1.29, 1.82) is 0 Å². The van der Waals surface area contributed by atoms with E-state index in [0.717, 1.165) is 0 Å². The molecule has 1 aromatic heterocycles. The minimum atomic E-state index is -0.0614. The number of methoxy groups -OCH3 is 1. The normalized spacial score (nSPS) is 10.2. The van der Waals surface area contributed by atoms with Crippen LogP contribution < -0.4 is 10.5 Å². The van der Waals surface area contributed by atoms with E-state index in [4.69, 9.17) is 10.5 Å². The minimum Gasteiger partial charge on any atom is -0.504 e. The Morgan fingerprint density at radius 2 is 2.24 bits per heavy atom. The van der Waals surface area contributed by atoms with Gasteiger partial charge in [-0.1, -0.05) is 0 Å². The summed E-state index contributed by atoms with van der Waals surface area (Å²) >= 11 is 0. The Labute approximate surface area is 97.0 Å². The van der Waals surface area contributed by atoms with Gasteiger partial charge in [0.05, 0.1) is 13.3 Å². The number of ether oxygens (including phenoxy) is 1. The van der Waals surface area contributed by atoms with Crippen molar-refractivity contribution in [1.82, 2.24) is 10.2 Å². The number of nitrogens with two attached hydrogens (primary N) is 1. The first-order valence-corrected chi connectivity index (χ1v) is 4.82. The molecule has 0 fully saturated rings. The average Bonchev–Trinajstić information content (AvgIpc) is 2.75. The van der Waals surface area contributed by atoms with Gasteiger partial charge in [-0.3, -0.25) is 9.89 Å². The van der Waals surface area contributed by atoms with Gasteiger partial charge in [0.2, 0.25) is 0 Å². The molecule has 1 aromatic carbocycles. The van der Waals surface area contributed by atoms with E-state index in [1.54, 1.807) is 0 Å². The summed E-state index contributed by atoms with van der Waals surface area (Å²) < 4.78 is 4.93. The number of phenols is 1. The van der Waals surface area contributed by atoms with Crippen LogP contribution in [0.3, 0.4) is 0 Å². The number of carbonyl (C=O) groups excluding carboxylic acids is 1. The number of aldehydes is 1. The zero-order valence-corrected chi connectivity index (χ0v) is 9.10. The molecule has 6 heteroatoms. The summed E-state index contributed by atoms with van der Waals surface area (Å²) in [6.07, 6.45) is 2.16. The van der Waals surface area contributed by atoms with Crippen LogP contribution in [0, 0.1) is 0 Å². The number of anilines is 1. The second kappa shape index (κ2) is 4.17. The van der Waals surface area contributed by atoms with Gasteiger partial charge in [-0.15, -0.1) is 0 Å². The molecule has 0 spiro atoms. The molecule has 0 atom stereocenters. The number of phenolic OH excluding ortho intramolecular Hbond substituents is 1. The van der Waals surface area contributed by atoms with Gasteiger partial charge >= 0.3 is 0 Å². The smallest absolute Gasteiger partial charge is 0.161 e. The van der Waals surface area contributed by atoms with Crippen molar-refractivity contribution in [3.05, 3.63) is 23.9 Å². The molecule has 0 radical (unpaired) electrons. The van der Waals surface area contributed by atoms with Crippen molar-refractivity contribution < 1.29 is 14.6 Å². The highest BCUT2D eigenvalue weighted by Gasteiger charge is 2.14. The third-order valence-corrected chi connectivity index (χ3v) is 2.44. The lowest BCUT2D eigenvalue weighted by molar-refractivity contribution is 0.112. The summed E-state index contributed by atoms with van der Waals surface area (Å²) in [5, 5.41) is 16.0. The Hall–Kier alpha value is -2.50. The van der Waals surface area contributed by atoms with Gasteiger partial charge < -0.3 is 15.6 Å². The van der Waals surface area contributed by atoms with Crippen molar-refractivity contribution in [3.63, 3.8) is 0 Å². The second-order valence-electron chi connectivity index (χ2n) is 3.43. The molecule has 0 aliphatic heterocycles. The van der Waals surface area contributed by atoms with Crippen molar-refractivity contribution in [2.45, 2.75) is 0 Å². The van der Waals surface area contributed by atoms with Crippen LogP contribution in [-0.2, 0) is 0 Å². The molecule has 0 saturated carbocycles. The maximum absolute atomic E-state index is 11.0. The number of hydrogen-bond acceptors (Lipinski definition) is 5. The van der Waals surface area contributed by atoms with Gasteiger partial charge in [-0.05, 0) is 12.1 Å². The standard InChI is InChI=1S/C11H11N3O3/c1-17-10-2-6(5-15)7(3-9(10)16)8-4-13-14-11(8)12/h2-5,16H,1H3,(H3,12,13,14). The highest BCUT2D eigenvalue weighted by atomic mass is 16.5. The highest BCUT2D eigenvalue weighted by molar-refractivity contribution is 5.91. The summed E-state index contributed by atoms with van der Waals surface area (Å²) in [5.41, 5.74) is 7.10. The second-order valence-corrected chi connectivity index (χ2v) is 3.43. The molecule has 0 aliphatic rings. The number of nitrogens with zero attached hydrogens (tertiary/aromatic N) is 1. The largest absolute Gasteiger partial charge is 0.504 e. The Kier molecular flexibility index (Phi) is 2.70. The summed E-state index contributed by atoms with van der Waals surface area (Å²) in [4.78, 5) is 11.0. The lowest BCUT2D eigenvalue weighted by atomic mass is 10.0. The highest BCUT2D eigenvalue weighted by Crippen LogP contribution is 2.35. The molecule has 1 heterocycles. The van der Waals surface area contributed by atoms with Gasteiger partial charge in [-0.25, -0.2) is 0 Å². The number of hydrogen-bond donors (Lipinski definition) is 3. The molecule has 4 N–H and O–H groups in total. The number of rotatable bonds is 3. The SMILES string of the molecule is COc1cc(C=O)c(-c2cn[nH]c2N)cc1O. The maximum Gasteiger partial charge on any atom is 0.161 e. The minimum absolute atomic E-state index is 0.0614. The van der Waals surface area contributed by atoms with Gasteiger partial charge in [0.1, 0.15) is 5.82 Å². The fourth-order valence-corrected chi connectivity index (χ4v) is 1.59. The number of nitrogens with one attached hydrogen (secondary N) is 1. The molecule has 0 bridgehead atoms.